The van der Waals surface area contributed by atoms with Crippen molar-refractivity contribution in [3.05, 3.63) is 93.5 Å². The Balaban J connectivity index is 1.59. The maximum atomic E-state index is 10.3. The van der Waals surface area contributed by atoms with E-state index >= 15 is 0 Å². The molecule has 0 aliphatic rings. The molecule has 0 saturated carbocycles. The van der Waals surface area contributed by atoms with Crippen LogP contribution in [0.3, 0.4) is 0 Å². The lowest BCUT2D eigenvalue weighted by molar-refractivity contribution is 0.174. The van der Waals surface area contributed by atoms with E-state index in [1.165, 1.54) is 0 Å². The van der Waals surface area contributed by atoms with Crippen molar-refractivity contribution in [3.63, 3.8) is 0 Å². The highest BCUT2D eigenvalue weighted by molar-refractivity contribution is 6.42. The van der Waals surface area contributed by atoms with Crippen LogP contribution in [0, 0.1) is 0 Å². The third-order valence-corrected chi connectivity index (χ3v) is 5.28. The Morgan fingerprint density at radius 3 is 2.37 bits per heavy atom. The second-order valence-electron chi connectivity index (χ2n) is 6.81. The van der Waals surface area contributed by atoms with Gasteiger partial charge in [-0.15, -0.1) is 0 Å². The average molecular weight is 446 g/mol. The van der Waals surface area contributed by atoms with Gasteiger partial charge in [0.15, 0.2) is 11.5 Å². The highest BCUT2D eigenvalue weighted by Crippen LogP contribution is 2.30. The van der Waals surface area contributed by atoms with E-state index in [9.17, 15) is 5.11 Å². The van der Waals surface area contributed by atoms with Crippen LogP contribution in [0.4, 0.5) is 0 Å². The molecule has 1 atom stereocenters. The molecule has 0 radical (unpaired) electrons. The Hall–Kier alpha value is -2.24. The summed E-state index contributed by atoms with van der Waals surface area (Å²) in [6.45, 7) is 3.90. The van der Waals surface area contributed by atoms with Gasteiger partial charge in [0.2, 0.25) is 0 Å². The van der Waals surface area contributed by atoms with Gasteiger partial charge in [0.05, 0.1) is 22.8 Å². The maximum absolute atomic E-state index is 10.3. The molecular formula is C24H25Cl2NO3. The van der Waals surface area contributed by atoms with E-state index in [0.717, 1.165) is 16.7 Å². The average Bonchev–Trinajstić information content (AvgIpc) is 2.76. The molecule has 2 N–H and O–H groups in total. The molecule has 0 bridgehead atoms. The van der Waals surface area contributed by atoms with Crippen molar-refractivity contribution in [1.82, 2.24) is 5.32 Å². The fourth-order valence-electron chi connectivity index (χ4n) is 2.99. The SMILES string of the molecule is CCOc1cc(CNCC(O)c2ccccc2)ccc1OCc1ccc(Cl)c(Cl)c1. The van der Waals surface area contributed by atoms with Crippen molar-refractivity contribution in [2.24, 2.45) is 0 Å². The monoisotopic (exact) mass is 445 g/mol. The van der Waals surface area contributed by atoms with Crippen LogP contribution in [-0.2, 0) is 13.2 Å². The van der Waals surface area contributed by atoms with Gasteiger partial charge in [-0.05, 0) is 47.9 Å². The Kier molecular flexibility index (Phi) is 8.40. The lowest BCUT2D eigenvalue weighted by Crippen LogP contribution is -2.21. The molecule has 1 unspecified atom stereocenters. The first-order valence-electron chi connectivity index (χ1n) is 9.83. The van der Waals surface area contributed by atoms with E-state index < -0.39 is 6.10 Å². The summed E-state index contributed by atoms with van der Waals surface area (Å²) in [5, 5.41) is 14.6. The number of aliphatic hydroxyl groups is 1. The number of hydrogen-bond acceptors (Lipinski definition) is 4. The second-order valence-corrected chi connectivity index (χ2v) is 7.62. The molecule has 0 fully saturated rings. The molecule has 0 aromatic heterocycles. The molecule has 0 aliphatic carbocycles. The van der Waals surface area contributed by atoms with E-state index in [1.54, 1.807) is 12.1 Å². The predicted molar refractivity (Wildman–Crippen MR) is 122 cm³/mol. The molecule has 3 aromatic carbocycles. The predicted octanol–water partition coefficient (Wildman–Crippen LogP) is 5.79. The summed E-state index contributed by atoms with van der Waals surface area (Å²) in [4.78, 5) is 0. The molecule has 0 spiro atoms. The van der Waals surface area contributed by atoms with Crippen LogP contribution in [0.1, 0.15) is 29.7 Å². The van der Waals surface area contributed by atoms with Crippen molar-refractivity contribution < 1.29 is 14.6 Å². The summed E-state index contributed by atoms with van der Waals surface area (Å²) in [7, 11) is 0. The summed E-state index contributed by atoms with van der Waals surface area (Å²) in [6, 6.07) is 20.9. The van der Waals surface area contributed by atoms with Crippen LogP contribution in [0.25, 0.3) is 0 Å². The summed E-state index contributed by atoms with van der Waals surface area (Å²) >= 11 is 12.0. The summed E-state index contributed by atoms with van der Waals surface area (Å²) in [5.41, 5.74) is 2.86. The maximum Gasteiger partial charge on any atom is 0.161 e. The zero-order valence-corrected chi connectivity index (χ0v) is 18.3. The van der Waals surface area contributed by atoms with Crippen molar-refractivity contribution in [2.75, 3.05) is 13.2 Å². The normalized spacial score (nSPS) is 11.9. The highest BCUT2D eigenvalue weighted by atomic mass is 35.5. The van der Waals surface area contributed by atoms with Gasteiger partial charge in [0.1, 0.15) is 6.61 Å². The Morgan fingerprint density at radius 2 is 1.63 bits per heavy atom. The molecule has 30 heavy (non-hydrogen) atoms. The minimum atomic E-state index is -0.550. The number of rotatable bonds is 10. The van der Waals surface area contributed by atoms with Gasteiger partial charge in [-0.25, -0.2) is 0 Å². The van der Waals surface area contributed by atoms with Gasteiger partial charge in [-0.1, -0.05) is 65.7 Å². The zero-order chi connectivity index (χ0) is 21.3. The van der Waals surface area contributed by atoms with Crippen LogP contribution in [0.15, 0.2) is 66.7 Å². The quantitative estimate of drug-likeness (QED) is 0.414. The van der Waals surface area contributed by atoms with Crippen molar-refractivity contribution >= 4 is 23.2 Å². The van der Waals surface area contributed by atoms with Crippen molar-refractivity contribution in [2.45, 2.75) is 26.2 Å². The molecular weight excluding hydrogens is 421 g/mol. The van der Waals surface area contributed by atoms with Crippen LogP contribution < -0.4 is 14.8 Å². The van der Waals surface area contributed by atoms with Gasteiger partial charge in [-0.2, -0.15) is 0 Å². The van der Waals surface area contributed by atoms with E-state index in [-0.39, 0.29) is 0 Å². The van der Waals surface area contributed by atoms with Gasteiger partial charge in [-0.3, -0.25) is 0 Å². The minimum absolute atomic E-state index is 0.359. The number of hydrogen-bond donors (Lipinski definition) is 2. The Morgan fingerprint density at radius 1 is 0.867 bits per heavy atom. The van der Waals surface area contributed by atoms with E-state index in [0.29, 0.717) is 47.8 Å². The lowest BCUT2D eigenvalue weighted by atomic mass is 10.1. The third kappa shape index (κ3) is 6.38. The molecule has 0 heterocycles. The minimum Gasteiger partial charge on any atom is -0.490 e. The van der Waals surface area contributed by atoms with E-state index in [2.05, 4.69) is 5.32 Å². The molecule has 3 aromatic rings. The molecule has 158 valence electrons. The fourth-order valence-corrected chi connectivity index (χ4v) is 3.31. The van der Waals surface area contributed by atoms with Crippen LogP contribution in [0.5, 0.6) is 11.5 Å². The van der Waals surface area contributed by atoms with Crippen molar-refractivity contribution in [1.29, 1.82) is 0 Å². The highest BCUT2D eigenvalue weighted by Gasteiger charge is 2.10. The molecule has 0 amide bonds. The molecule has 6 heteroatoms. The number of nitrogens with one attached hydrogen (secondary N) is 1. The summed E-state index contributed by atoms with van der Waals surface area (Å²) < 4.78 is 11.7. The fraction of sp³-hybridized carbons (Fsp3) is 0.250. The first-order valence-corrected chi connectivity index (χ1v) is 10.6. The molecule has 3 rings (SSSR count). The molecule has 4 nitrogen and oxygen atoms in total. The molecule has 0 aliphatic heterocycles. The zero-order valence-electron chi connectivity index (χ0n) is 16.8. The lowest BCUT2D eigenvalue weighted by Gasteiger charge is -2.15. The second kappa shape index (κ2) is 11.2. The topological polar surface area (TPSA) is 50.7 Å². The smallest absolute Gasteiger partial charge is 0.161 e. The summed E-state index contributed by atoms with van der Waals surface area (Å²) in [6.07, 6.45) is -0.550. The number of halogens is 2. The first-order chi connectivity index (χ1) is 14.6. The van der Waals surface area contributed by atoms with Gasteiger partial charge >= 0.3 is 0 Å². The van der Waals surface area contributed by atoms with E-state index in [1.807, 2.05) is 61.5 Å². The van der Waals surface area contributed by atoms with Crippen molar-refractivity contribution in [3.8, 4) is 11.5 Å². The number of ether oxygens (including phenoxy) is 2. The van der Waals surface area contributed by atoms with Gasteiger partial charge in [0, 0.05) is 13.1 Å². The van der Waals surface area contributed by atoms with E-state index in [4.69, 9.17) is 32.7 Å². The Labute approximate surface area is 187 Å². The molecule has 0 saturated heterocycles. The van der Waals surface area contributed by atoms with Crippen LogP contribution in [0.2, 0.25) is 10.0 Å². The van der Waals surface area contributed by atoms with Crippen LogP contribution >= 0.6 is 23.2 Å². The number of benzene rings is 3. The van der Waals surface area contributed by atoms with Gasteiger partial charge < -0.3 is 19.9 Å². The largest absolute Gasteiger partial charge is 0.490 e. The Bertz CT molecular complexity index is 950. The standard InChI is InChI=1S/C24H25Cl2NO3/c1-2-29-24-13-17(14-27-15-22(28)19-6-4-3-5-7-19)9-11-23(24)30-16-18-8-10-20(25)21(26)12-18/h3-13,22,27-28H,2,14-16H2,1H3. The summed E-state index contributed by atoms with van der Waals surface area (Å²) in [5.74, 6) is 1.34. The van der Waals surface area contributed by atoms with Crippen LogP contribution in [-0.4, -0.2) is 18.3 Å². The first kappa shape index (κ1) is 22.4. The third-order valence-electron chi connectivity index (χ3n) is 4.54. The number of aliphatic hydroxyl groups excluding tert-OH is 1. The van der Waals surface area contributed by atoms with Gasteiger partial charge in [0.25, 0.3) is 0 Å².